The topological polar surface area (TPSA) is 54.5 Å². The van der Waals surface area contributed by atoms with Crippen LogP contribution >= 0.6 is 0 Å². The molecule has 1 aromatic carbocycles. The summed E-state index contributed by atoms with van der Waals surface area (Å²) in [5, 5.41) is 0. The molecule has 4 nitrogen and oxygen atoms in total. The molecule has 22 heavy (non-hydrogen) atoms. The number of hydrogen-bond donors (Lipinski definition) is 0. The molecule has 0 N–H and O–H groups in total. The van der Waals surface area contributed by atoms with Crippen LogP contribution in [0.25, 0.3) is 0 Å². The van der Waals surface area contributed by atoms with Crippen molar-refractivity contribution in [2.75, 3.05) is 18.6 Å². The van der Waals surface area contributed by atoms with Crippen molar-refractivity contribution in [2.45, 2.75) is 39.2 Å². The van der Waals surface area contributed by atoms with Gasteiger partial charge in [0.05, 0.1) is 17.9 Å². The van der Waals surface area contributed by atoms with Crippen molar-refractivity contribution in [2.24, 2.45) is 5.92 Å². The molecule has 0 bridgehead atoms. The van der Waals surface area contributed by atoms with Crippen molar-refractivity contribution in [3.63, 3.8) is 0 Å². The van der Waals surface area contributed by atoms with Gasteiger partial charge in [-0.15, -0.1) is 0 Å². The largest absolute Gasteiger partial charge is 0.341 e. The fourth-order valence-corrected chi connectivity index (χ4v) is 4.62. The maximum Gasteiger partial charge on any atom is 0.227 e. The number of carbonyl (C=O) groups is 1. The number of rotatable bonds is 5. The molecule has 122 valence electrons. The van der Waals surface area contributed by atoms with Crippen molar-refractivity contribution in [1.82, 2.24) is 4.90 Å². The van der Waals surface area contributed by atoms with Crippen LogP contribution in [0.1, 0.15) is 31.4 Å². The number of hydrogen-bond acceptors (Lipinski definition) is 3. The van der Waals surface area contributed by atoms with E-state index in [4.69, 9.17) is 0 Å². The van der Waals surface area contributed by atoms with Gasteiger partial charge in [-0.2, -0.15) is 0 Å². The summed E-state index contributed by atoms with van der Waals surface area (Å²) < 4.78 is 23.0. The lowest BCUT2D eigenvalue weighted by Crippen LogP contribution is -2.38. The van der Waals surface area contributed by atoms with Gasteiger partial charge in [0.25, 0.3) is 0 Å². The molecule has 1 aromatic rings. The molecule has 1 fully saturated rings. The van der Waals surface area contributed by atoms with Crippen LogP contribution < -0.4 is 0 Å². The van der Waals surface area contributed by atoms with E-state index in [1.165, 1.54) is 5.56 Å². The first kappa shape index (κ1) is 17.0. The second kappa shape index (κ2) is 6.82. The first-order chi connectivity index (χ1) is 10.3. The van der Waals surface area contributed by atoms with Crippen molar-refractivity contribution in [3.05, 3.63) is 35.4 Å². The van der Waals surface area contributed by atoms with Crippen LogP contribution in [0.3, 0.4) is 0 Å². The number of likely N-dealkylation sites (N-methyl/N-ethyl adjacent to an activating group) is 1. The van der Waals surface area contributed by atoms with Crippen LogP contribution in [0.2, 0.25) is 0 Å². The predicted octanol–water partition coefficient (Wildman–Crippen LogP) is 2.07. The lowest BCUT2D eigenvalue weighted by Gasteiger charge is -2.23. The summed E-state index contributed by atoms with van der Waals surface area (Å²) in [5.74, 6) is 0.892. The summed E-state index contributed by atoms with van der Waals surface area (Å²) in [4.78, 5) is 13.9. The van der Waals surface area contributed by atoms with E-state index in [1.807, 2.05) is 12.1 Å². The van der Waals surface area contributed by atoms with Gasteiger partial charge in [0.2, 0.25) is 5.91 Å². The fourth-order valence-electron chi connectivity index (χ4n) is 2.85. The Hall–Kier alpha value is -1.36. The van der Waals surface area contributed by atoms with Gasteiger partial charge in [-0.3, -0.25) is 4.79 Å². The first-order valence-electron chi connectivity index (χ1n) is 7.81. The maximum absolute atomic E-state index is 12.3. The van der Waals surface area contributed by atoms with E-state index in [9.17, 15) is 13.2 Å². The Kier molecular flexibility index (Phi) is 5.27. The van der Waals surface area contributed by atoms with Crippen molar-refractivity contribution >= 4 is 15.7 Å². The average molecular weight is 323 g/mol. The third kappa shape index (κ3) is 4.57. The molecule has 0 saturated carbocycles. The van der Waals surface area contributed by atoms with Gasteiger partial charge in [0.1, 0.15) is 0 Å². The quantitative estimate of drug-likeness (QED) is 0.833. The van der Waals surface area contributed by atoms with Gasteiger partial charge >= 0.3 is 0 Å². The zero-order chi connectivity index (χ0) is 16.3. The van der Waals surface area contributed by atoms with Gasteiger partial charge in [-0.1, -0.05) is 38.1 Å². The minimum Gasteiger partial charge on any atom is -0.341 e. The normalized spacial score (nSPS) is 20.3. The van der Waals surface area contributed by atoms with Crippen molar-refractivity contribution in [1.29, 1.82) is 0 Å². The highest BCUT2D eigenvalue weighted by atomic mass is 32.2. The van der Waals surface area contributed by atoms with E-state index in [0.29, 0.717) is 18.8 Å². The van der Waals surface area contributed by atoms with Gasteiger partial charge in [0.15, 0.2) is 9.84 Å². The van der Waals surface area contributed by atoms with E-state index in [0.717, 1.165) is 12.0 Å². The minimum atomic E-state index is -2.96. The zero-order valence-electron chi connectivity index (χ0n) is 13.6. The van der Waals surface area contributed by atoms with Crippen molar-refractivity contribution in [3.8, 4) is 0 Å². The molecule has 1 amide bonds. The highest BCUT2D eigenvalue weighted by Gasteiger charge is 2.32. The third-order valence-corrected chi connectivity index (χ3v) is 5.92. The van der Waals surface area contributed by atoms with E-state index >= 15 is 0 Å². The Balaban J connectivity index is 1.94. The number of sulfone groups is 1. The van der Waals surface area contributed by atoms with Gasteiger partial charge in [-0.25, -0.2) is 8.42 Å². The summed E-state index contributed by atoms with van der Waals surface area (Å²) in [5.41, 5.74) is 2.26. The summed E-state index contributed by atoms with van der Waals surface area (Å²) in [7, 11) is -1.25. The van der Waals surface area contributed by atoms with Crippen LogP contribution in [0.15, 0.2) is 24.3 Å². The lowest BCUT2D eigenvalue weighted by molar-refractivity contribution is -0.130. The first-order valence-corrected chi connectivity index (χ1v) is 9.63. The molecule has 0 spiro atoms. The second-order valence-corrected chi connectivity index (χ2v) is 8.88. The second-order valence-electron chi connectivity index (χ2n) is 6.65. The van der Waals surface area contributed by atoms with Crippen LogP contribution in [-0.2, 0) is 27.5 Å². The van der Waals surface area contributed by atoms with E-state index < -0.39 is 9.84 Å². The number of nitrogens with zero attached hydrogens (tertiary/aromatic N) is 1. The SMILES string of the molecule is CC(C)Cc1ccc(CC(=O)N(C)[C@H]2CCS(=O)(=O)C2)cc1. The molecule has 0 radical (unpaired) electrons. The average Bonchev–Trinajstić information content (AvgIpc) is 2.80. The smallest absolute Gasteiger partial charge is 0.227 e. The Bertz CT molecular complexity index is 620. The molecule has 1 aliphatic rings. The van der Waals surface area contributed by atoms with Gasteiger partial charge in [0, 0.05) is 13.1 Å². The van der Waals surface area contributed by atoms with E-state index in [1.54, 1.807) is 11.9 Å². The molecule has 0 aromatic heterocycles. The Morgan fingerprint density at radius 1 is 1.23 bits per heavy atom. The Morgan fingerprint density at radius 3 is 2.32 bits per heavy atom. The molecule has 5 heteroatoms. The Morgan fingerprint density at radius 2 is 1.82 bits per heavy atom. The third-order valence-electron chi connectivity index (χ3n) is 4.17. The van der Waals surface area contributed by atoms with Crippen LogP contribution in [0.4, 0.5) is 0 Å². The molecule has 1 heterocycles. The molecular formula is C17H25NO3S. The summed E-state index contributed by atoms with van der Waals surface area (Å²) >= 11 is 0. The molecular weight excluding hydrogens is 298 g/mol. The summed E-state index contributed by atoms with van der Waals surface area (Å²) in [6.07, 6.45) is 1.92. The monoisotopic (exact) mass is 323 g/mol. The molecule has 0 aliphatic carbocycles. The number of amides is 1. The maximum atomic E-state index is 12.3. The fraction of sp³-hybridized carbons (Fsp3) is 0.588. The van der Waals surface area contributed by atoms with E-state index in [-0.39, 0.29) is 23.5 Å². The highest BCUT2D eigenvalue weighted by molar-refractivity contribution is 7.91. The molecule has 0 unspecified atom stereocenters. The lowest BCUT2D eigenvalue weighted by atomic mass is 10.0. The number of carbonyl (C=O) groups excluding carboxylic acids is 1. The highest BCUT2D eigenvalue weighted by Crippen LogP contribution is 2.18. The van der Waals surface area contributed by atoms with Crippen molar-refractivity contribution < 1.29 is 13.2 Å². The van der Waals surface area contributed by atoms with Crippen LogP contribution in [0, 0.1) is 5.92 Å². The molecule has 2 rings (SSSR count). The van der Waals surface area contributed by atoms with Gasteiger partial charge < -0.3 is 4.90 Å². The molecule has 1 saturated heterocycles. The minimum absolute atomic E-state index is 0.0151. The predicted molar refractivity (Wildman–Crippen MR) is 88.5 cm³/mol. The van der Waals surface area contributed by atoms with Crippen LogP contribution in [-0.4, -0.2) is 43.8 Å². The van der Waals surface area contributed by atoms with Crippen LogP contribution in [0.5, 0.6) is 0 Å². The Labute approximate surface area is 133 Å². The number of benzene rings is 1. The summed E-state index contributed by atoms with van der Waals surface area (Å²) in [6, 6.07) is 7.97. The van der Waals surface area contributed by atoms with Gasteiger partial charge in [-0.05, 0) is 29.9 Å². The summed E-state index contributed by atoms with van der Waals surface area (Å²) in [6.45, 7) is 4.37. The standard InChI is InChI=1S/C17H25NO3S/c1-13(2)10-14-4-6-15(7-5-14)11-17(19)18(3)16-8-9-22(20,21)12-16/h4-7,13,16H,8-12H2,1-3H3/t16-/m0/s1. The van der Waals surface area contributed by atoms with E-state index in [2.05, 4.69) is 26.0 Å². The molecule has 1 aliphatic heterocycles. The zero-order valence-corrected chi connectivity index (χ0v) is 14.4. The molecule has 1 atom stereocenters.